The van der Waals surface area contributed by atoms with E-state index < -0.39 is 0 Å². The number of nitrogens with one attached hydrogen (secondary N) is 1. The fourth-order valence-electron chi connectivity index (χ4n) is 2.22. The van der Waals surface area contributed by atoms with E-state index in [0.29, 0.717) is 0 Å². The molecule has 18 heavy (non-hydrogen) atoms. The lowest BCUT2D eigenvalue weighted by atomic mass is 9.91. The second kappa shape index (κ2) is 9.12. The zero-order chi connectivity index (χ0) is 14.0. The monoisotopic (exact) mass is 254 g/mol. The maximum atomic E-state index is 10.0. The van der Waals surface area contributed by atoms with Crippen LogP contribution >= 0.6 is 0 Å². The van der Waals surface area contributed by atoms with Gasteiger partial charge in [-0.1, -0.05) is 33.6 Å². The van der Waals surface area contributed by atoms with Crippen molar-refractivity contribution in [1.29, 1.82) is 0 Å². The van der Waals surface area contributed by atoms with Crippen LogP contribution in [-0.2, 0) is 4.79 Å². The van der Waals surface area contributed by atoms with E-state index in [1.165, 1.54) is 25.0 Å². The molecule has 0 aromatic rings. The summed E-state index contributed by atoms with van der Waals surface area (Å²) in [5, 5.41) is 4.36. The minimum atomic E-state index is 0.263. The predicted octanol–water partition coefficient (Wildman–Crippen LogP) is 4.07. The molecular weight excluding hydrogens is 224 g/mol. The van der Waals surface area contributed by atoms with Gasteiger partial charge in [-0.15, -0.1) is 0 Å². The van der Waals surface area contributed by atoms with Crippen LogP contribution in [0.4, 0.5) is 0 Å². The fourth-order valence-corrected chi connectivity index (χ4v) is 2.22. The lowest BCUT2D eigenvalue weighted by Gasteiger charge is -2.22. The van der Waals surface area contributed by atoms with E-state index in [2.05, 4.69) is 31.3 Å². The molecule has 1 heterocycles. The van der Waals surface area contributed by atoms with Gasteiger partial charge in [0.25, 0.3) is 0 Å². The number of rotatable bonds is 6. The van der Waals surface area contributed by atoms with Gasteiger partial charge in [-0.25, -0.2) is 0 Å². The van der Waals surface area contributed by atoms with Gasteiger partial charge in [-0.05, 0) is 33.1 Å². The molecule has 0 saturated carbocycles. The minimum absolute atomic E-state index is 0.263. The van der Waals surface area contributed by atoms with Crippen molar-refractivity contribution in [1.82, 2.24) is 5.43 Å². The average molecular weight is 254 g/mol. The van der Waals surface area contributed by atoms with Gasteiger partial charge in [0.05, 0.1) is 5.54 Å². The van der Waals surface area contributed by atoms with Gasteiger partial charge in [0, 0.05) is 18.6 Å². The number of hydrogen-bond acceptors (Lipinski definition) is 3. The number of hydrazone groups is 1. The molecule has 1 unspecified atom stereocenters. The summed E-state index contributed by atoms with van der Waals surface area (Å²) in [6.45, 7) is 10.3. The number of carbonyl (C=O) groups is 1. The molecule has 0 bridgehead atoms. The van der Waals surface area contributed by atoms with E-state index in [1.54, 1.807) is 6.92 Å². The first kappa shape index (κ1) is 17.1. The summed E-state index contributed by atoms with van der Waals surface area (Å²) in [6, 6.07) is 0. The largest absolute Gasteiger partial charge is 0.304 e. The van der Waals surface area contributed by atoms with Crippen molar-refractivity contribution in [2.45, 2.75) is 85.1 Å². The fraction of sp³-hybridized carbons (Fsp3) is 0.867. The van der Waals surface area contributed by atoms with E-state index in [4.69, 9.17) is 0 Å². The van der Waals surface area contributed by atoms with Gasteiger partial charge < -0.3 is 10.2 Å². The lowest BCUT2D eigenvalue weighted by Crippen LogP contribution is -2.34. The van der Waals surface area contributed by atoms with Crippen LogP contribution in [0.15, 0.2) is 5.10 Å². The van der Waals surface area contributed by atoms with Crippen molar-refractivity contribution < 1.29 is 4.79 Å². The standard InChI is InChI=1S/C10H20N2.C5H10O/c1-4-6-9-8-10(3,7-5-2)12-11-9;1-3-4-5(2)6/h12H,4-8H2,1-3H3;3-4H2,1-2H3. The molecule has 1 N–H and O–H groups in total. The summed E-state index contributed by atoms with van der Waals surface area (Å²) < 4.78 is 0. The molecule has 0 amide bonds. The molecule has 0 aliphatic carbocycles. The Bertz CT molecular complexity index is 274. The summed E-state index contributed by atoms with van der Waals surface area (Å²) in [4.78, 5) is 10.0. The van der Waals surface area contributed by atoms with Crippen LogP contribution in [0.1, 0.15) is 79.6 Å². The summed E-state index contributed by atoms with van der Waals surface area (Å²) in [5.74, 6) is 0.289. The zero-order valence-electron chi connectivity index (χ0n) is 12.8. The van der Waals surface area contributed by atoms with E-state index >= 15 is 0 Å². The maximum absolute atomic E-state index is 10.0. The Morgan fingerprint density at radius 2 is 1.94 bits per heavy atom. The Morgan fingerprint density at radius 3 is 2.33 bits per heavy atom. The molecule has 106 valence electrons. The Hall–Kier alpha value is -0.860. The van der Waals surface area contributed by atoms with Gasteiger partial charge in [0.1, 0.15) is 5.78 Å². The normalized spacial score (nSPS) is 21.7. The Labute approximate surface area is 112 Å². The molecule has 1 atom stereocenters. The highest BCUT2D eigenvalue weighted by Gasteiger charge is 2.29. The highest BCUT2D eigenvalue weighted by Crippen LogP contribution is 2.23. The van der Waals surface area contributed by atoms with Crippen LogP contribution in [0.5, 0.6) is 0 Å². The number of hydrogen-bond donors (Lipinski definition) is 1. The minimum Gasteiger partial charge on any atom is -0.304 e. The summed E-state index contributed by atoms with van der Waals surface area (Å²) in [6.07, 6.45) is 7.70. The topological polar surface area (TPSA) is 41.5 Å². The van der Waals surface area contributed by atoms with Crippen LogP contribution in [0.2, 0.25) is 0 Å². The van der Waals surface area contributed by atoms with E-state index in [-0.39, 0.29) is 11.3 Å². The molecule has 0 saturated heterocycles. The summed E-state index contributed by atoms with van der Waals surface area (Å²) in [5.41, 5.74) is 4.87. The molecule has 3 nitrogen and oxygen atoms in total. The first-order valence-electron chi connectivity index (χ1n) is 7.29. The maximum Gasteiger partial charge on any atom is 0.129 e. The molecule has 1 aliphatic rings. The molecule has 1 rings (SSSR count). The van der Waals surface area contributed by atoms with Crippen LogP contribution in [0.25, 0.3) is 0 Å². The highest BCUT2D eigenvalue weighted by atomic mass is 16.1. The Kier molecular flexibility index (Phi) is 8.69. The Balaban J connectivity index is 0.000000411. The highest BCUT2D eigenvalue weighted by molar-refractivity contribution is 5.86. The molecule has 0 radical (unpaired) electrons. The molecule has 1 aliphatic heterocycles. The van der Waals surface area contributed by atoms with Crippen molar-refractivity contribution in [3.8, 4) is 0 Å². The van der Waals surface area contributed by atoms with Crippen molar-refractivity contribution >= 4 is 11.5 Å². The first-order valence-corrected chi connectivity index (χ1v) is 7.29. The zero-order valence-corrected chi connectivity index (χ0v) is 12.8. The third kappa shape index (κ3) is 7.46. The van der Waals surface area contributed by atoms with Gasteiger partial charge in [0.2, 0.25) is 0 Å². The van der Waals surface area contributed by atoms with Gasteiger partial charge in [-0.3, -0.25) is 0 Å². The van der Waals surface area contributed by atoms with Crippen LogP contribution in [0, 0.1) is 0 Å². The quantitative estimate of drug-likeness (QED) is 0.776. The van der Waals surface area contributed by atoms with Crippen molar-refractivity contribution in [3.05, 3.63) is 0 Å². The SMILES string of the molecule is CCCC(C)=O.CCCC1=NNC(C)(CCC)C1. The van der Waals surface area contributed by atoms with E-state index in [0.717, 1.165) is 25.7 Å². The van der Waals surface area contributed by atoms with Gasteiger partial charge >= 0.3 is 0 Å². The summed E-state index contributed by atoms with van der Waals surface area (Å²) >= 11 is 0. The molecular formula is C15H30N2O. The van der Waals surface area contributed by atoms with Crippen molar-refractivity contribution in [3.63, 3.8) is 0 Å². The van der Waals surface area contributed by atoms with E-state index in [1.807, 2.05) is 6.92 Å². The molecule has 0 fully saturated rings. The van der Waals surface area contributed by atoms with Gasteiger partial charge in [0.15, 0.2) is 0 Å². The third-order valence-corrected chi connectivity index (χ3v) is 3.02. The molecule has 0 aromatic carbocycles. The van der Waals surface area contributed by atoms with E-state index in [9.17, 15) is 4.79 Å². The number of nitrogens with zero attached hydrogens (tertiary/aromatic N) is 1. The Morgan fingerprint density at radius 1 is 1.28 bits per heavy atom. The second-order valence-electron chi connectivity index (χ2n) is 5.48. The second-order valence-corrected chi connectivity index (χ2v) is 5.48. The number of Topliss-reactive ketones (excluding diaryl/α,β-unsaturated/α-hetero) is 1. The van der Waals surface area contributed by atoms with Crippen molar-refractivity contribution in [2.24, 2.45) is 5.10 Å². The third-order valence-electron chi connectivity index (χ3n) is 3.02. The summed E-state index contributed by atoms with van der Waals surface area (Å²) in [7, 11) is 0. The predicted molar refractivity (Wildman–Crippen MR) is 79.0 cm³/mol. The van der Waals surface area contributed by atoms with Crippen molar-refractivity contribution in [2.75, 3.05) is 0 Å². The van der Waals surface area contributed by atoms with Crippen LogP contribution in [0.3, 0.4) is 0 Å². The average Bonchev–Trinajstić information content (AvgIpc) is 2.62. The number of ketones is 1. The molecule has 3 heteroatoms. The van der Waals surface area contributed by atoms with Crippen LogP contribution in [-0.4, -0.2) is 17.0 Å². The smallest absolute Gasteiger partial charge is 0.129 e. The molecule has 0 aromatic heterocycles. The first-order chi connectivity index (χ1) is 8.47. The van der Waals surface area contributed by atoms with Gasteiger partial charge in [-0.2, -0.15) is 5.10 Å². The lowest BCUT2D eigenvalue weighted by molar-refractivity contribution is -0.117. The van der Waals surface area contributed by atoms with Crippen LogP contribution < -0.4 is 5.43 Å². The number of carbonyl (C=O) groups excluding carboxylic acids is 1. The molecule has 0 spiro atoms.